The first-order valence-electron chi connectivity index (χ1n) is 9.19. The number of para-hydroxylation sites is 1. The van der Waals surface area contributed by atoms with Crippen LogP contribution in [0.1, 0.15) is 40.3 Å². The summed E-state index contributed by atoms with van der Waals surface area (Å²) in [6, 6.07) is 17.3. The van der Waals surface area contributed by atoms with Crippen molar-refractivity contribution in [2.24, 2.45) is 0 Å². The van der Waals surface area contributed by atoms with Gasteiger partial charge in [0.15, 0.2) is 0 Å². The molecule has 0 spiro atoms. The van der Waals surface area contributed by atoms with E-state index < -0.39 is 0 Å². The van der Waals surface area contributed by atoms with Gasteiger partial charge in [0.1, 0.15) is 5.82 Å². The van der Waals surface area contributed by atoms with Crippen molar-refractivity contribution in [3.63, 3.8) is 0 Å². The van der Waals surface area contributed by atoms with Crippen LogP contribution in [0.3, 0.4) is 0 Å². The molecule has 6 nitrogen and oxygen atoms in total. The van der Waals surface area contributed by atoms with Crippen LogP contribution in [0.2, 0.25) is 0 Å². The van der Waals surface area contributed by atoms with Crippen molar-refractivity contribution in [2.45, 2.75) is 19.4 Å². The second kappa shape index (κ2) is 8.10. The van der Waals surface area contributed by atoms with E-state index in [1.807, 2.05) is 43.5 Å². The minimum Gasteiger partial charge on any atom is -0.351 e. The van der Waals surface area contributed by atoms with Gasteiger partial charge in [-0.1, -0.05) is 35.5 Å². The van der Waals surface area contributed by atoms with Crippen LogP contribution in [0.5, 0.6) is 0 Å². The molecule has 0 fully saturated rings. The van der Waals surface area contributed by atoms with Gasteiger partial charge in [-0.3, -0.25) is 4.79 Å². The SMILES string of the molecule is C[C@@H](NC(=O)c1cc(Cc2cccc(F)c2)no1)c1cnn(-c2ccccc2)c1. The minimum absolute atomic E-state index is 0.110. The topological polar surface area (TPSA) is 73.0 Å². The Kier molecular flexibility index (Phi) is 5.20. The first-order chi connectivity index (χ1) is 14.1. The molecule has 1 amide bonds. The average molecular weight is 390 g/mol. The Bertz CT molecular complexity index is 1120. The van der Waals surface area contributed by atoms with E-state index in [0.29, 0.717) is 12.1 Å². The van der Waals surface area contributed by atoms with Gasteiger partial charge in [0.2, 0.25) is 5.76 Å². The highest BCUT2D eigenvalue weighted by atomic mass is 19.1. The number of nitrogens with zero attached hydrogens (tertiary/aromatic N) is 3. The van der Waals surface area contributed by atoms with Gasteiger partial charge in [0.05, 0.1) is 23.6 Å². The van der Waals surface area contributed by atoms with E-state index in [1.165, 1.54) is 12.1 Å². The molecule has 0 aliphatic rings. The van der Waals surface area contributed by atoms with Crippen LogP contribution < -0.4 is 5.32 Å². The fourth-order valence-electron chi connectivity index (χ4n) is 2.99. The van der Waals surface area contributed by atoms with Crippen molar-refractivity contribution >= 4 is 5.91 Å². The fraction of sp³-hybridized carbons (Fsp3) is 0.136. The standard InChI is InChI=1S/C22H19FN4O2/c1-15(17-13-24-27(14-17)20-8-3-2-4-9-20)25-22(28)21-12-19(26-29-21)11-16-6-5-7-18(23)10-16/h2-10,12-15H,11H2,1H3,(H,25,28)/t15-/m1/s1. The van der Waals surface area contributed by atoms with Crippen molar-refractivity contribution in [3.8, 4) is 5.69 Å². The van der Waals surface area contributed by atoms with Crippen LogP contribution in [0.4, 0.5) is 4.39 Å². The largest absolute Gasteiger partial charge is 0.351 e. The number of amides is 1. The third-order valence-electron chi connectivity index (χ3n) is 4.53. The number of hydrogen-bond acceptors (Lipinski definition) is 4. The highest BCUT2D eigenvalue weighted by molar-refractivity contribution is 5.91. The second-order valence-corrected chi connectivity index (χ2v) is 6.74. The van der Waals surface area contributed by atoms with Crippen molar-refractivity contribution < 1.29 is 13.7 Å². The molecule has 1 N–H and O–H groups in total. The number of benzene rings is 2. The highest BCUT2D eigenvalue weighted by Gasteiger charge is 2.18. The Morgan fingerprint density at radius 1 is 1.17 bits per heavy atom. The lowest BCUT2D eigenvalue weighted by atomic mass is 10.1. The third-order valence-corrected chi connectivity index (χ3v) is 4.53. The molecular weight excluding hydrogens is 371 g/mol. The zero-order chi connectivity index (χ0) is 20.2. The van der Waals surface area contributed by atoms with Gasteiger partial charge in [-0.05, 0) is 36.8 Å². The fourth-order valence-corrected chi connectivity index (χ4v) is 2.99. The van der Waals surface area contributed by atoms with Gasteiger partial charge >= 0.3 is 0 Å². The van der Waals surface area contributed by atoms with Gasteiger partial charge in [0.25, 0.3) is 5.91 Å². The Morgan fingerprint density at radius 2 is 2.00 bits per heavy atom. The van der Waals surface area contributed by atoms with Crippen LogP contribution >= 0.6 is 0 Å². The molecule has 2 aromatic heterocycles. The number of rotatable bonds is 6. The number of hydrogen-bond donors (Lipinski definition) is 1. The lowest BCUT2D eigenvalue weighted by Gasteiger charge is -2.10. The highest BCUT2D eigenvalue weighted by Crippen LogP contribution is 2.16. The second-order valence-electron chi connectivity index (χ2n) is 6.74. The summed E-state index contributed by atoms with van der Waals surface area (Å²) in [4.78, 5) is 12.5. The Balaban J connectivity index is 1.40. The van der Waals surface area contributed by atoms with Crippen LogP contribution in [0.25, 0.3) is 5.69 Å². The van der Waals surface area contributed by atoms with E-state index in [9.17, 15) is 9.18 Å². The average Bonchev–Trinajstić information content (AvgIpc) is 3.39. The normalized spacial score (nSPS) is 11.9. The van der Waals surface area contributed by atoms with Crippen molar-refractivity contribution in [1.82, 2.24) is 20.3 Å². The molecule has 29 heavy (non-hydrogen) atoms. The zero-order valence-corrected chi connectivity index (χ0v) is 15.7. The number of nitrogens with one attached hydrogen (secondary N) is 1. The molecule has 1 atom stereocenters. The molecule has 146 valence electrons. The lowest BCUT2D eigenvalue weighted by molar-refractivity contribution is 0.0902. The maximum atomic E-state index is 13.3. The number of aromatic nitrogens is 3. The van der Waals surface area contributed by atoms with E-state index >= 15 is 0 Å². The van der Waals surface area contributed by atoms with Gasteiger partial charge in [-0.2, -0.15) is 5.10 Å². The molecule has 0 bridgehead atoms. The molecule has 0 saturated carbocycles. The molecule has 0 radical (unpaired) electrons. The summed E-state index contributed by atoms with van der Waals surface area (Å²) in [5, 5.41) is 11.1. The Labute approximate surface area is 167 Å². The summed E-state index contributed by atoms with van der Waals surface area (Å²) in [6.45, 7) is 1.87. The number of carbonyl (C=O) groups is 1. The summed E-state index contributed by atoms with van der Waals surface area (Å²) in [5.41, 5.74) is 3.12. The quantitative estimate of drug-likeness (QED) is 0.538. The molecule has 0 aliphatic carbocycles. The van der Waals surface area contributed by atoms with Gasteiger partial charge in [0, 0.05) is 24.2 Å². The summed E-state index contributed by atoms with van der Waals surface area (Å²) < 4.78 is 20.2. The Morgan fingerprint density at radius 3 is 2.79 bits per heavy atom. The first kappa shape index (κ1) is 18.6. The van der Waals surface area contributed by atoms with Crippen molar-refractivity contribution in [1.29, 1.82) is 0 Å². The monoisotopic (exact) mass is 390 g/mol. The van der Waals surface area contributed by atoms with Gasteiger partial charge in [-0.25, -0.2) is 9.07 Å². The van der Waals surface area contributed by atoms with E-state index in [0.717, 1.165) is 16.8 Å². The summed E-state index contributed by atoms with van der Waals surface area (Å²) in [5.74, 6) is -0.574. The molecule has 2 aromatic carbocycles. The van der Waals surface area contributed by atoms with Crippen molar-refractivity contribution in [2.75, 3.05) is 0 Å². The predicted molar refractivity (Wildman–Crippen MR) is 105 cm³/mol. The smallest absolute Gasteiger partial charge is 0.290 e. The molecule has 0 unspecified atom stereocenters. The van der Waals surface area contributed by atoms with E-state index in [1.54, 1.807) is 29.1 Å². The molecule has 0 saturated heterocycles. The van der Waals surface area contributed by atoms with Crippen LogP contribution in [0, 0.1) is 5.82 Å². The lowest BCUT2D eigenvalue weighted by Crippen LogP contribution is -2.26. The Hall–Kier alpha value is -3.74. The van der Waals surface area contributed by atoms with E-state index in [-0.39, 0.29) is 23.5 Å². The maximum Gasteiger partial charge on any atom is 0.290 e. The molecule has 4 rings (SSSR count). The minimum atomic E-state index is -0.372. The van der Waals surface area contributed by atoms with Gasteiger partial charge in [-0.15, -0.1) is 0 Å². The van der Waals surface area contributed by atoms with E-state index in [4.69, 9.17) is 4.52 Å². The maximum absolute atomic E-state index is 13.3. The number of carbonyl (C=O) groups excluding carboxylic acids is 1. The first-order valence-corrected chi connectivity index (χ1v) is 9.19. The molecule has 2 heterocycles. The molecule has 0 aliphatic heterocycles. The van der Waals surface area contributed by atoms with Crippen LogP contribution in [-0.4, -0.2) is 20.8 Å². The summed E-state index contributed by atoms with van der Waals surface area (Å²) in [6.07, 6.45) is 3.97. The molecular formula is C22H19FN4O2. The van der Waals surface area contributed by atoms with Crippen LogP contribution in [0.15, 0.2) is 77.6 Å². The zero-order valence-electron chi connectivity index (χ0n) is 15.7. The summed E-state index contributed by atoms with van der Waals surface area (Å²) in [7, 11) is 0. The van der Waals surface area contributed by atoms with E-state index in [2.05, 4.69) is 15.6 Å². The number of halogens is 1. The van der Waals surface area contributed by atoms with Crippen molar-refractivity contribution in [3.05, 3.63) is 101 Å². The van der Waals surface area contributed by atoms with Crippen LogP contribution in [-0.2, 0) is 6.42 Å². The molecule has 4 aromatic rings. The molecule has 7 heteroatoms. The summed E-state index contributed by atoms with van der Waals surface area (Å²) >= 11 is 0. The predicted octanol–water partition coefficient (Wildman–Crippen LogP) is 4.08. The third kappa shape index (κ3) is 4.40. The van der Waals surface area contributed by atoms with Gasteiger partial charge < -0.3 is 9.84 Å².